The number of hydrogen-bond donors (Lipinski definition) is 1. The fourth-order valence-corrected chi connectivity index (χ4v) is 2.66. The van der Waals surface area contributed by atoms with Crippen LogP contribution in [-0.4, -0.2) is 45.3 Å². The molecule has 2 rings (SSSR count). The maximum absolute atomic E-state index is 5.72. The highest BCUT2D eigenvalue weighted by molar-refractivity contribution is 5.40. The van der Waals surface area contributed by atoms with Crippen LogP contribution in [0.25, 0.3) is 0 Å². The number of likely N-dealkylation sites (tertiary alicyclic amines) is 1. The number of benzene rings is 1. The third-order valence-corrected chi connectivity index (χ3v) is 3.89. The number of ether oxygens (including phenoxy) is 2. The summed E-state index contributed by atoms with van der Waals surface area (Å²) in [6.07, 6.45) is 2.21. The quantitative estimate of drug-likeness (QED) is 0.846. The fraction of sp³-hybridized carbons (Fsp3) is 0.600. The van der Waals surface area contributed by atoms with Crippen molar-refractivity contribution in [1.82, 2.24) is 4.90 Å². The van der Waals surface area contributed by atoms with Gasteiger partial charge in [-0.2, -0.15) is 0 Å². The van der Waals surface area contributed by atoms with Gasteiger partial charge in [0.25, 0.3) is 0 Å². The van der Waals surface area contributed by atoms with Gasteiger partial charge in [0, 0.05) is 13.1 Å². The van der Waals surface area contributed by atoms with Gasteiger partial charge < -0.3 is 20.1 Å². The third kappa shape index (κ3) is 3.61. The SMILES string of the molecule is COc1ccc(OC)c(CCN2CCC(CN)C2)c1. The summed E-state index contributed by atoms with van der Waals surface area (Å²) < 4.78 is 10.7. The van der Waals surface area contributed by atoms with E-state index in [2.05, 4.69) is 11.0 Å². The second-order valence-corrected chi connectivity index (χ2v) is 5.12. The van der Waals surface area contributed by atoms with Crippen LogP contribution in [0.4, 0.5) is 0 Å². The van der Waals surface area contributed by atoms with E-state index in [1.165, 1.54) is 12.0 Å². The van der Waals surface area contributed by atoms with E-state index in [0.717, 1.165) is 44.1 Å². The molecule has 1 aliphatic heterocycles. The summed E-state index contributed by atoms with van der Waals surface area (Å²) in [6, 6.07) is 5.97. The molecule has 1 aromatic rings. The number of nitrogens with two attached hydrogens (primary N) is 1. The van der Waals surface area contributed by atoms with Crippen LogP contribution in [0.1, 0.15) is 12.0 Å². The molecule has 1 fully saturated rings. The number of methoxy groups -OCH3 is 2. The molecular formula is C15H24N2O2. The molecule has 0 saturated carbocycles. The second-order valence-electron chi connectivity index (χ2n) is 5.12. The molecule has 1 saturated heterocycles. The highest BCUT2D eigenvalue weighted by Gasteiger charge is 2.20. The monoisotopic (exact) mass is 264 g/mol. The smallest absolute Gasteiger partial charge is 0.122 e. The maximum atomic E-state index is 5.72. The Morgan fingerprint density at radius 2 is 2.16 bits per heavy atom. The summed E-state index contributed by atoms with van der Waals surface area (Å²) in [6.45, 7) is 4.15. The Kier molecular flexibility index (Phi) is 5.05. The van der Waals surface area contributed by atoms with Crippen molar-refractivity contribution in [3.05, 3.63) is 23.8 Å². The van der Waals surface area contributed by atoms with E-state index in [4.69, 9.17) is 15.2 Å². The molecule has 1 unspecified atom stereocenters. The lowest BCUT2D eigenvalue weighted by molar-refractivity contribution is 0.326. The highest BCUT2D eigenvalue weighted by Crippen LogP contribution is 2.25. The van der Waals surface area contributed by atoms with Gasteiger partial charge in [0.05, 0.1) is 14.2 Å². The zero-order valence-corrected chi connectivity index (χ0v) is 11.9. The van der Waals surface area contributed by atoms with Crippen LogP contribution in [0.2, 0.25) is 0 Å². The number of nitrogens with zero attached hydrogens (tertiary/aromatic N) is 1. The van der Waals surface area contributed by atoms with E-state index in [1.807, 2.05) is 12.1 Å². The van der Waals surface area contributed by atoms with Crippen molar-refractivity contribution in [2.75, 3.05) is 40.4 Å². The molecule has 106 valence electrons. The molecule has 0 spiro atoms. The predicted octanol–water partition coefficient (Wildman–Crippen LogP) is 1.53. The lowest BCUT2D eigenvalue weighted by atomic mass is 10.1. The molecule has 0 amide bonds. The van der Waals surface area contributed by atoms with E-state index in [1.54, 1.807) is 14.2 Å². The Bertz CT molecular complexity index is 409. The summed E-state index contributed by atoms with van der Waals surface area (Å²) in [5, 5.41) is 0. The first-order chi connectivity index (χ1) is 9.26. The zero-order chi connectivity index (χ0) is 13.7. The Labute approximate surface area is 115 Å². The molecule has 4 heteroatoms. The van der Waals surface area contributed by atoms with E-state index in [-0.39, 0.29) is 0 Å². The van der Waals surface area contributed by atoms with Gasteiger partial charge in [-0.1, -0.05) is 0 Å². The van der Waals surface area contributed by atoms with Crippen molar-refractivity contribution in [2.24, 2.45) is 11.7 Å². The number of rotatable bonds is 6. The molecular weight excluding hydrogens is 240 g/mol. The van der Waals surface area contributed by atoms with Crippen molar-refractivity contribution >= 4 is 0 Å². The molecule has 1 aliphatic rings. The Hall–Kier alpha value is -1.26. The summed E-state index contributed by atoms with van der Waals surface area (Å²) in [4.78, 5) is 2.48. The largest absolute Gasteiger partial charge is 0.497 e. The Morgan fingerprint density at radius 1 is 1.32 bits per heavy atom. The van der Waals surface area contributed by atoms with Crippen LogP contribution < -0.4 is 15.2 Å². The highest BCUT2D eigenvalue weighted by atomic mass is 16.5. The van der Waals surface area contributed by atoms with E-state index in [9.17, 15) is 0 Å². The lowest BCUT2D eigenvalue weighted by Gasteiger charge is -2.17. The maximum Gasteiger partial charge on any atom is 0.122 e. The van der Waals surface area contributed by atoms with Crippen LogP contribution in [0, 0.1) is 5.92 Å². The van der Waals surface area contributed by atoms with Crippen molar-refractivity contribution in [2.45, 2.75) is 12.8 Å². The molecule has 0 bridgehead atoms. The van der Waals surface area contributed by atoms with Crippen molar-refractivity contribution in [3.63, 3.8) is 0 Å². The zero-order valence-electron chi connectivity index (χ0n) is 11.9. The van der Waals surface area contributed by atoms with E-state index >= 15 is 0 Å². The summed E-state index contributed by atoms with van der Waals surface area (Å²) in [5.74, 6) is 2.50. The first kappa shape index (κ1) is 14.2. The molecule has 19 heavy (non-hydrogen) atoms. The van der Waals surface area contributed by atoms with Gasteiger partial charge in [0.2, 0.25) is 0 Å². The Morgan fingerprint density at radius 3 is 2.79 bits per heavy atom. The molecule has 1 heterocycles. The predicted molar refractivity (Wildman–Crippen MR) is 76.9 cm³/mol. The van der Waals surface area contributed by atoms with Gasteiger partial charge in [-0.15, -0.1) is 0 Å². The normalized spacial score (nSPS) is 19.6. The van der Waals surface area contributed by atoms with Crippen LogP contribution >= 0.6 is 0 Å². The van der Waals surface area contributed by atoms with Gasteiger partial charge in [-0.05, 0) is 55.6 Å². The second kappa shape index (κ2) is 6.78. The topological polar surface area (TPSA) is 47.7 Å². The standard InChI is InChI=1S/C15H24N2O2/c1-18-14-3-4-15(19-2)13(9-14)6-8-17-7-5-12(10-16)11-17/h3-4,9,12H,5-8,10-11,16H2,1-2H3. The average molecular weight is 264 g/mol. The first-order valence-electron chi connectivity index (χ1n) is 6.90. The fourth-order valence-electron chi connectivity index (χ4n) is 2.66. The lowest BCUT2D eigenvalue weighted by Crippen LogP contribution is -2.25. The molecule has 4 nitrogen and oxygen atoms in total. The van der Waals surface area contributed by atoms with Gasteiger partial charge in [-0.3, -0.25) is 0 Å². The molecule has 0 radical (unpaired) electrons. The van der Waals surface area contributed by atoms with Gasteiger partial charge in [0.15, 0.2) is 0 Å². The minimum Gasteiger partial charge on any atom is -0.497 e. The van der Waals surface area contributed by atoms with Crippen molar-refractivity contribution < 1.29 is 9.47 Å². The van der Waals surface area contributed by atoms with Gasteiger partial charge >= 0.3 is 0 Å². The summed E-state index contributed by atoms with van der Waals surface area (Å²) in [5.41, 5.74) is 6.93. The van der Waals surface area contributed by atoms with Crippen LogP contribution in [-0.2, 0) is 6.42 Å². The third-order valence-electron chi connectivity index (χ3n) is 3.89. The molecule has 1 atom stereocenters. The van der Waals surface area contributed by atoms with E-state index < -0.39 is 0 Å². The molecule has 1 aromatic carbocycles. The van der Waals surface area contributed by atoms with Crippen molar-refractivity contribution in [3.8, 4) is 11.5 Å². The van der Waals surface area contributed by atoms with Crippen LogP contribution in [0.15, 0.2) is 18.2 Å². The van der Waals surface area contributed by atoms with Crippen LogP contribution in [0.5, 0.6) is 11.5 Å². The molecule has 2 N–H and O–H groups in total. The van der Waals surface area contributed by atoms with E-state index in [0.29, 0.717) is 5.92 Å². The van der Waals surface area contributed by atoms with Gasteiger partial charge in [-0.25, -0.2) is 0 Å². The van der Waals surface area contributed by atoms with Gasteiger partial charge in [0.1, 0.15) is 11.5 Å². The minimum absolute atomic E-state index is 0.673. The van der Waals surface area contributed by atoms with Crippen LogP contribution in [0.3, 0.4) is 0 Å². The molecule has 0 aromatic heterocycles. The van der Waals surface area contributed by atoms with Crippen molar-refractivity contribution in [1.29, 1.82) is 0 Å². The molecule has 0 aliphatic carbocycles. The average Bonchev–Trinajstić information content (AvgIpc) is 2.92. The first-order valence-corrected chi connectivity index (χ1v) is 6.90. The minimum atomic E-state index is 0.673. The Balaban J connectivity index is 1.95. The number of hydrogen-bond acceptors (Lipinski definition) is 4. The summed E-state index contributed by atoms with van der Waals surface area (Å²) in [7, 11) is 3.41. The summed E-state index contributed by atoms with van der Waals surface area (Å²) >= 11 is 0.